The SMILES string of the molecule is CC(NCC1(O)CCCCC1)c1ccco1. The first-order chi connectivity index (χ1) is 7.70. The van der Waals surface area contributed by atoms with Gasteiger partial charge in [-0.1, -0.05) is 19.3 Å². The molecule has 1 aliphatic carbocycles. The van der Waals surface area contributed by atoms with Crippen LogP contribution in [-0.4, -0.2) is 17.3 Å². The molecule has 0 spiro atoms. The fourth-order valence-corrected chi connectivity index (χ4v) is 2.37. The topological polar surface area (TPSA) is 45.4 Å². The zero-order chi connectivity index (χ0) is 11.4. The second-order valence-corrected chi connectivity index (χ2v) is 4.90. The molecular weight excluding hydrogens is 202 g/mol. The van der Waals surface area contributed by atoms with Crippen molar-refractivity contribution in [2.45, 2.75) is 50.7 Å². The Morgan fingerprint density at radius 2 is 2.19 bits per heavy atom. The van der Waals surface area contributed by atoms with Gasteiger partial charge in [-0.15, -0.1) is 0 Å². The van der Waals surface area contributed by atoms with E-state index in [1.165, 1.54) is 6.42 Å². The Bertz CT molecular complexity index is 302. The summed E-state index contributed by atoms with van der Waals surface area (Å²) < 4.78 is 5.32. The maximum absolute atomic E-state index is 10.3. The lowest BCUT2D eigenvalue weighted by molar-refractivity contribution is 0.00255. The van der Waals surface area contributed by atoms with Crippen LogP contribution >= 0.6 is 0 Å². The van der Waals surface area contributed by atoms with Crippen LogP contribution in [0.2, 0.25) is 0 Å². The van der Waals surface area contributed by atoms with E-state index in [-0.39, 0.29) is 6.04 Å². The van der Waals surface area contributed by atoms with Crippen LogP contribution < -0.4 is 5.32 Å². The van der Waals surface area contributed by atoms with Crippen molar-refractivity contribution in [2.24, 2.45) is 0 Å². The van der Waals surface area contributed by atoms with Gasteiger partial charge in [0.15, 0.2) is 0 Å². The fourth-order valence-electron chi connectivity index (χ4n) is 2.37. The Balaban J connectivity index is 1.82. The minimum atomic E-state index is -0.501. The minimum Gasteiger partial charge on any atom is -0.468 e. The molecule has 1 aliphatic rings. The van der Waals surface area contributed by atoms with Gasteiger partial charge in [0.25, 0.3) is 0 Å². The molecular formula is C13H21NO2. The zero-order valence-electron chi connectivity index (χ0n) is 9.91. The van der Waals surface area contributed by atoms with Crippen LogP contribution in [-0.2, 0) is 0 Å². The highest BCUT2D eigenvalue weighted by atomic mass is 16.3. The molecule has 1 atom stereocenters. The third-order valence-electron chi connectivity index (χ3n) is 3.49. The summed E-state index contributed by atoms with van der Waals surface area (Å²) in [5.41, 5.74) is -0.501. The van der Waals surface area contributed by atoms with E-state index < -0.39 is 5.60 Å². The summed E-state index contributed by atoms with van der Waals surface area (Å²) in [4.78, 5) is 0. The molecule has 3 nitrogen and oxygen atoms in total. The van der Waals surface area contributed by atoms with Crippen LogP contribution in [0.1, 0.15) is 50.8 Å². The summed E-state index contributed by atoms with van der Waals surface area (Å²) in [6.07, 6.45) is 7.08. The van der Waals surface area contributed by atoms with Crippen molar-refractivity contribution in [1.82, 2.24) is 5.32 Å². The first-order valence-electron chi connectivity index (χ1n) is 6.19. The Morgan fingerprint density at radius 1 is 1.44 bits per heavy atom. The molecule has 0 aromatic carbocycles. The van der Waals surface area contributed by atoms with Gasteiger partial charge in [0, 0.05) is 6.54 Å². The molecule has 1 aromatic heterocycles. The highest BCUT2D eigenvalue weighted by Gasteiger charge is 2.29. The largest absolute Gasteiger partial charge is 0.468 e. The first-order valence-corrected chi connectivity index (χ1v) is 6.19. The van der Waals surface area contributed by atoms with Crippen LogP contribution in [0.5, 0.6) is 0 Å². The van der Waals surface area contributed by atoms with E-state index in [9.17, 15) is 5.11 Å². The molecule has 90 valence electrons. The number of furan rings is 1. The quantitative estimate of drug-likeness (QED) is 0.824. The summed E-state index contributed by atoms with van der Waals surface area (Å²) in [7, 11) is 0. The number of nitrogens with one attached hydrogen (secondary N) is 1. The van der Waals surface area contributed by atoms with Gasteiger partial charge < -0.3 is 14.8 Å². The Labute approximate surface area is 96.8 Å². The maximum Gasteiger partial charge on any atom is 0.120 e. The molecule has 1 unspecified atom stereocenters. The zero-order valence-corrected chi connectivity index (χ0v) is 9.91. The summed E-state index contributed by atoms with van der Waals surface area (Å²) in [6.45, 7) is 2.72. The van der Waals surface area contributed by atoms with Crippen LogP contribution in [0.25, 0.3) is 0 Å². The Hall–Kier alpha value is -0.800. The van der Waals surface area contributed by atoms with Gasteiger partial charge in [0.05, 0.1) is 17.9 Å². The molecule has 1 heterocycles. The standard InChI is InChI=1S/C13H21NO2/c1-11(12-6-5-9-16-12)14-10-13(15)7-3-2-4-8-13/h5-6,9,11,14-15H,2-4,7-8,10H2,1H3. The van der Waals surface area contributed by atoms with Gasteiger partial charge in [-0.05, 0) is 31.9 Å². The molecule has 0 saturated heterocycles. The monoisotopic (exact) mass is 223 g/mol. The predicted molar refractivity (Wildman–Crippen MR) is 63.2 cm³/mol. The van der Waals surface area contributed by atoms with Gasteiger partial charge in [0.1, 0.15) is 5.76 Å². The van der Waals surface area contributed by atoms with E-state index >= 15 is 0 Å². The summed E-state index contributed by atoms with van der Waals surface area (Å²) in [5.74, 6) is 0.930. The molecule has 2 rings (SSSR count). The molecule has 0 radical (unpaired) electrons. The minimum absolute atomic E-state index is 0.168. The maximum atomic E-state index is 10.3. The third-order valence-corrected chi connectivity index (χ3v) is 3.49. The van der Waals surface area contributed by atoms with Gasteiger partial charge in [-0.25, -0.2) is 0 Å². The van der Waals surface area contributed by atoms with E-state index in [0.29, 0.717) is 6.54 Å². The first kappa shape index (κ1) is 11.7. The Kier molecular flexibility index (Phi) is 3.66. The van der Waals surface area contributed by atoms with Gasteiger partial charge >= 0.3 is 0 Å². The fraction of sp³-hybridized carbons (Fsp3) is 0.692. The number of hydrogen-bond acceptors (Lipinski definition) is 3. The van der Waals surface area contributed by atoms with E-state index in [0.717, 1.165) is 31.4 Å². The lowest BCUT2D eigenvalue weighted by Crippen LogP contribution is -2.42. The van der Waals surface area contributed by atoms with Crippen molar-refractivity contribution in [3.05, 3.63) is 24.2 Å². The number of aliphatic hydroxyl groups is 1. The molecule has 1 saturated carbocycles. The smallest absolute Gasteiger partial charge is 0.120 e. The van der Waals surface area contributed by atoms with Crippen LogP contribution in [0.3, 0.4) is 0 Å². The van der Waals surface area contributed by atoms with E-state index in [1.807, 2.05) is 12.1 Å². The van der Waals surface area contributed by atoms with Crippen LogP contribution in [0.4, 0.5) is 0 Å². The van der Waals surface area contributed by atoms with E-state index in [1.54, 1.807) is 6.26 Å². The van der Waals surface area contributed by atoms with Crippen molar-refractivity contribution in [2.75, 3.05) is 6.54 Å². The van der Waals surface area contributed by atoms with Crippen molar-refractivity contribution in [3.8, 4) is 0 Å². The molecule has 1 aromatic rings. The average molecular weight is 223 g/mol. The Morgan fingerprint density at radius 3 is 2.81 bits per heavy atom. The van der Waals surface area contributed by atoms with Crippen molar-refractivity contribution in [1.29, 1.82) is 0 Å². The van der Waals surface area contributed by atoms with Crippen LogP contribution in [0.15, 0.2) is 22.8 Å². The normalized spacial score (nSPS) is 21.9. The average Bonchev–Trinajstić information content (AvgIpc) is 2.80. The van der Waals surface area contributed by atoms with Crippen molar-refractivity contribution < 1.29 is 9.52 Å². The highest BCUT2D eigenvalue weighted by molar-refractivity contribution is 5.03. The highest BCUT2D eigenvalue weighted by Crippen LogP contribution is 2.28. The number of hydrogen-bond donors (Lipinski definition) is 2. The molecule has 0 aliphatic heterocycles. The molecule has 0 bridgehead atoms. The van der Waals surface area contributed by atoms with Crippen molar-refractivity contribution in [3.63, 3.8) is 0 Å². The van der Waals surface area contributed by atoms with Gasteiger partial charge in [-0.2, -0.15) is 0 Å². The van der Waals surface area contributed by atoms with Crippen LogP contribution in [0, 0.1) is 0 Å². The van der Waals surface area contributed by atoms with Gasteiger partial charge in [-0.3, -0.25) is 0 Å². The lowest BCUT2D eigenvalue weighted by Gasteiger charge is -2.33. The van der Waals surface area contributed by atoms with Crippen molar-refractivity contribution >= 4 is 0 Å². The molecule has 1 fully saturated rings. The molecule has 0 amide bonds. The van der Waals surface area contributed by atoms with E-state index in [4.69, 9.17) is 4.42 Å². The number of rotatable bonds is 4. The second kappa shape index (κ2) is 5.02. The van der Waals surface area contributed by atoms with E-state index in [2.05, 4.69) is 12.2 Å². The lowest BCUT2D eigenvalue weighted by atomic mass is 9.85. The molecule has 16 heavy (non-hydrogen) atoms. The molecule has 3 heteroatoms. The predicted octanol–water partition coefficient (Wildman–Crippen LogP) is 2.63. The van der Waals surface area contributed by atoms with Gasteiger partial charge in [0.2, 0.25) is 0 Å². The summed E-state index contributed by atoms with van der Waals surface area (Å²) in [5, 5.41) is 13.7. The molecule has 2 N–H and O–H groups in total. The summed E-state index contributed by atoms with van der Waals surface area (Å²) >= 11 is 0. The second-order valence-electron chi connectivity index (χ2n) is 4.90. The summed E-state index contributed by atoms with van der Waals surface area (Å²) in [6, 6.07) is 4.02. The third kappa shape index (κ3) is 2.86.